The number of nitrogens with zero attached hydrogens (tertiary/aromatic N) is 5. The Labute approximate surface area is 261 Å². The van der Waals surface area contributed by atoms with Crippen LogP contribution in [0.3, 0.4) is 0 Å². The van der Waals surface area contributed by atoms with Crippen molar-refractivity contribution in [1.82, 2.24) is 19.5 Å². The van der Waals surface area contributed by atoms with Gasteiger partial charge in [0, 0.05) is 43.0 Å². The topological polar surface area (TPSA) is 164 Å². The zero-order chi connectivity index (χ0) is 33.6. The number of aryl methyl sites for hydroxylation is 1. The molecule has 0 unspecified atom stereocenters. The summed E-state index contributed by atoms with van der Waals surface area (Å²) in [7, 11) is 2.20. The van der Waals surface area contributed by atoms with Gasteiger partial charge < -0.3 is 29.9 Å². The molecule has 0 radical (unpaired) electrons. The van der Waals surface area contributed by atoms with Crippen molar-refractivity contribution in [2.45, 2.75) is 6.18 Å². The molecule has 0 aliphatic rings. The van der Waals surface area contributed by atoms with Crippen LogP contribution in [0.5, 0.6) is 5.75 Å². The molecule has 46 heavy (non-hydrogen) atoms. The lowest BCUT2D eigenvalue weighted by Gasteiger charge is -2.19. The van der Waals surface area contributed by atoms with Gasteiger partial charge in [-0.3, -0.25) is 4.72 Å². The SMILES string of the molecule is COc1ccc(Nc2nc3cc(N(C)c4ccnc(Nc5ccc(NS(C)(=O)=O)cc5)n4)ccc3n2C)cc1.O=C(O)C(F)(F)F. The molecule has 0 spiro atoms. The van der Waals surface area contributed by atoms with Crippen LogP contribution in [0.15, 0.2) is 79.0 Å². The molecule has 0 bridgehead atoms. The van der Waals surface area contributed by atoms with E-state index in [1.165, 1.54) is 0 Å². The van der Waals surface area contributed by atoms with E-state index in [1.807, 2.05) is 72.1 Å². The molecule has 0 aliphatic carbocycles. The van der Waals surface area contributed by atoms with E-state index < -0.39 is 22.2 Å². The number of methoxy groups -OCH3 is 1. The van der Waals surface area contributed by atoms with Gasteiger partial charge in [0.05, 0.1) is 24.4 Å². The second kappa shape index (κ2) is 13.6. The average Bonchev–Trinajstić information content (AvgIpc) is 3.31. The van der Waals surface area contributed by atoms with Crippen LogP contribution in [0, 0.1) is 0 Å². The first-order valence-electron chi connectivity index (χ1n) is 13.2. The molecule has 2 aromatic heterocycles. The predicted molar refractivity (Wildman–Crippen MR) is 169 cm³/mol. The third-order valence-electron chi connectivity index (χ3n) is 6.27. The van der Waals surface area contributed by atoms with Gasteiger partial charge in [0.2, 0.25) is 21.9 Å². The first-order chi connectivity index (χ1) is 21.6. The number of fused-ring (bicyclic) bond motifs is 1. The fourth-order valence-corrected chi connectivity index (χ4v) is 4.57. The molecule has 4 N–H and O–H groups in total. The number of carboxylic acid groups (broad SMARTS) is 1. The number of rotatable bonds is 9. The molecule has 0 atom stereocenters. The molecule has 0 amide bonds. The van der Waals surface area contributed by atoms with Gasteiger partial charge in [-0.05, 0) is 72.8 Å². The number of sulfonamides is 1. The smallest absolute Gasteiger partial charge is 0.490 e. The molecule has 0 saturated carbocycles. The lowest BCUT2D eigenvalue weighted by molar-refractivity contribution is -0.192. The van der Waals surface area contributed by atoms with Crippen molar-refractivity contribution >= 4 is 67.5 Å². The van der Waals surface area contributed by atoms with E-state index in [-0.39, 0.29) is 0 Å². The van der Waals surface area contributed by atoms with Gasteiger partial charge in [0.1, 0.15) is 11.6 Å². The van der Waals surface area contributed by atoms with Gasteiger partial charge in [-0.25, -0.2) is 23.2 Å². The number of benzene rings is 3. The average molecular weight is 659 g/mol. The van der Waals surface area contributed by atoms with E-state index >= 15 is 0 Å². The number of hydrogen-bond donors (Lipinski definition) is 4. The van der Waals surface area contributed by atoms with Crippen LogP contribution < -0.4 is 25.0 Å². The third kappa shape index (κ3) is 8.75. The van der Waals surface area contributed by atoms with E-state index in [2.05, 4.69) is 25.3 Å². The highest BCUT2D eigenvalue weighted by atomic mass is 32.2. The fraction of sp³-hybridized carbons (Fsp3) is 0.172. The second-order valence-corrected chi connectivity index (χ2v) is 11.4. The zero-order valence-electron chi connectivity index (χ0n) is 24.9. The van der Waals surface area contributed by atoms with Crippen LogP contribution in [0.1, 0.15) is 0 Å². The maximum Gasteiger partial charge on any atom is 0.490 e. The van der Waals surface area contributed by atoms with E-state index in [0.29, 0.717) is 17.5 Å². The van der Waals surface area contributed by atoms with Crippen molar-refractivity contribution in [3.05, 3.63) is 79.0 Å². The highest BCUT2D eigenvalue weighted by Gasteiger charge is 2.38. The second-order valence-electron chi connectivity index (χ2n) is 9.70. The number of imidazole rings is 1. The molecule has 5 aromatic rings. The summed E-state index contributed by atoms with van der Waals surface area (Å²) in [6.45, 7) is 0. The number of anilines is 7. The van der Waals surface area contributed by atoms with Gasteiger partial charge in [0.15, 0.2) is 0 Å². The number of hydrogen-bond acceptors (Lipinski definition) is 10. The Balaban J connectivity index is 0.000000617. The Morgan fingerprint density at radius 2 is 1.52 bits per heavy atom. The number of halogens is 3. The summed E-state index contributed by atoms with van der Waals surface area (Å²) in [6, 6.07) is 22.4. The Hall–Kier alpha value is -5.58. The van der Waals surface area contributed by atoms with Crippen LogP contribution in [0.2, 0.25) is 0 Å². The number of aliphatic carboxylic acids is 1. The van der Waals surface area contributed by atoms with Crippen molar-refractivity contribution in [2.24, 2.45) is 7.05 Å². The van der Waals surface area contributed by atoms with Crippen LogP contribution >= 0.6 is 0 Å². The highest BCUT2D eigenvalue weighted by Crippen LogP contribution is 2.29. The number of alkyl halides is 3. The van der Waals surface area contributed by atoms with E-state index in [0.717, 1.165) is 46.0 Å². The highest BCUT2D eigenvalue weighted by molar-refractivity contribution is 7.92. The molecule has 17 heteroatoms. The lowest BCUT2D eigenvalue weighted by atomic mass is 10.2. The van der Waals surface area contributed by atoms with Crippen molar-refractivity contribution in [1.29, 1.82) is 0 Å². The lowest BCUT2D eigenvalue weighted by Crippen LogP contribution is -2.21. The maximum absolute atomic E-state index is 11.4. The summed E-state index contributed by atoms with van der Waals surface area (Å²) >= 11 is 0. The summed E-state index contributed by atoms with van der Waals surface area (Å²) in [5.41, 5.74) is 4.85. The molecule has 0 aliphatic heterocycles. The molecule has 5 rings (SSSR count). The number of carbonyl (C=O) groups is 1. The third-order valence-corrected chi connectivity index (χ3v) is 6.88. The van der Waals surface area contributed by atoms with Crippen molar-refractivity contribution in [3.8, 4) is 5.75 Å². The minimum absolute atomic E-state index is 0.410. The number of ether oxygens (including phenoxy) is 1. The largest absolute Gasteiger partial charge is 0.497 e. The monoisotopic (exact) mass is 658 g/mol. The van der Waals surface area contributed by atoms with Gasteiger partial charge in [-0.1, -0.05) is 0 Å². The summed E-state index contributed by atoms with van der Waals surface area (Å²) in [4.78, 5) is 24.6. The van der Waals surface area contributed by atoms with Crippen LogP contribution in [0.25, 0.3) is 11.0 Å². The molecule has 13 nitrogen and oxygen atoms in total. The van der Waals surface area contributed by atoms with E-state index in [4.69, 9.17) is 19.6 Å². The van der Waals surface area contributed by atoms with Crippen molar-refractivity contribution < 1.29 is 36.2 Å². The summed E-state index contributed by atoms with van der Waals surface area (Å²) in [6.07, 6.45) is -2.30. The maximum atomic E-state index is 11.4. The molecule has 242 valence electrons. The molecule has 0 fully saturated rings. The summed E-state index contributed by atoms with van der Waals surface area (Å²) in [5, 5.41) is 13.6. The molecule has 3 aromatic carbocycles. The zero-order valence-corrected chi connectivity index (χ0v) is 25.7. The number of carboxylic acids is 1. The van der Waals surface area contributed by atoms with Gasteiger partial charge >= 0.3 is 12.1 Å². The van der Waals surface area contributed by atoms with Crippen LogP contribution in [-0.2, 0) is 21.9 Å². The van der Waals surface area contributed by atoms with Crippen molar-refractivity contribution in [3.63, 3.8) is 0 Å². The quantitative estimate of drug-likeness (QED) is 0.155. The van der Waals surface area contributed by atoms with E-state index in [9.17, 15) is 21.6 Å². The molecular formula is C29H29F3N8O5S. The molecular weight excluding hydrogens is 629 g/mol. The number of nitrogens with one attached hydrogen (secondary N) is 3. The Bertz CT molecular complexity index is 1930. The van der Waals surface area contributed by atoms with Gasteiger partial charge in [-0.15, -0.1) is 0 Å². The van der Waals surface area contributed by atoms with Crippen LogP contribution in [0.4, 0.5) is 53.6 Å². The minimum atomic E-state index is -5.08. The first-order valence-corrected chi connectivity index (χ1v) is 15.1. The molecule has 0 saturated heterocycles. The van der Waals surface area contributed by atoms with Crippen LogP contribution in [-0.4, -0.2) is 65.6 Å². The first kappa shape index (κ1) is 33.3. The summed E-state index contributed by atoms with van der Waals surface area (Å²) < 4.78 is 64.2. The normalized spacial score (nSPS) is 11.3. The Morgan fingerprint density at radius 3 is 2.11 bits per heavy atom. The molecule has 2 heterocycles. The predicted octanol–water partition coefficient (Wildman–Crippen LogP) is 5.63. The minimum Gasteiger partial charge on any atom is -0.497 e. The Morgan fingerprint density at radius 1 is 0.935 bits per heavy atom. The standard InChI is InChI=1S/C27H28N8O3S.C2HF3O2/c1-34(25-15-16-28-26(32-25)29-18-5-7-20(8-6-18)33-39(4,36)37)21-11-14-24-23(17-21)31-27(35(24)2)30-19-9-12-22(38-3)13-10-19;3-2(4,5)1(6)7/h5-17,33H,1-4H3,(H,30,31)(H,28,29,32);(H,6,7). The number of aromatic nitrogens is 4. The van der Waals surface area contributed by atoms with E-state index in [1.54, 1.807) is 37.6 Å². The van der Waals surface area contributed by atoms with Gasteiger partial charge in [0.25, 0.3) is 0 Å². The Kier molecular flexibility index (Phi) is 9.85. The van der Waals surface area contributed by atoms with Gasteiger partial charge in [-0.2, -0.15) is 18.2 Å². The fourth-order valence-electron chi connectivity index (χ4n) is 4.01. The summed E-state index contributed by atoms with van der Waals surface area (Å²) in [5.74, 6) is -0.141. The van der Waals surface area contributed by atoms with Crippen molar-refractivity contribution in [2.75, 3.05) is 40.7 Å².